The molecule has 2 aliphatic heterocycles. The first kappa shape index (κ1) is 12.8. The first-order chi connectivity index (χ1) is 22.8. The number of aryl methyl sites for hydroxylation is 4. The van der Waals surface area contributed by atoms with E-state index in [4.69, 9.17) is 16.4 Å². The van der Waals surface area contributed by atoms with Crippen molar-refractivity contribution in [3.05, 3.63) is 125 Å². The molecular weight excluding hydrogens is 447 g/mol. The summed E-state index contributed by atoms with van der Waals surface area (Å²) in [6.07, 6.45) is 0. The third-order valence-electron chi connectivity index (χ3n) is 7.24. The largest absolute Gasteiger partial charge is 0.311 e. The van der Waals surface area contributed by atoms with Gasteiger partial charge in [0.1, 0.15) is 0 Å². The molecule has 0 radical (unpaired) electrons. The van der Waals surface area contributed by atoms with Crippen molar-refractivity contribution in [1.29, 1.82) is 0 Å². The van der Waals surface area contributed by atoms with Crippen LogP contribution in [0.5, 0.6) is 0 Å². The molecule has 5 aromatic rings. The molecule has 0 saturated carbocycles. The average Bonchev–Trinajstić information content (AvgIpc) is 3.02. The van der Waals surface area contributed by atoms with Crippen LogP contribution in [0.25, 0.3) is 0 Å². The molecule has 0 N–H and O–H groups in total. The lowest BCUT2D eigenvalue weighted by molar-refractivity contribution is 1.24. The number of nitrogens with zero attached hydrogens (tertiary/aromatic N) is 2. The second kappa shape index (κ2) is 8.14. The lowest BCUT2D eigenvalue weighted by Crippen LogP contribution is -2.61. The molecule has 0 spiro atoms. The second-order valence-electron chi connectivity index (χ2n) is 9.45. The third-order valence-corrected chi connectivity index (χ3v) is 7.24. The van der Waals surface area contributed by atoms with Gasteiger partial charge in [-0.1, -0.05) is 76.9 Å². The van der Waals surface area contributed by atoms with Gasteiger partial charge in [0.05, 0.1) is 0 Å². The van der Waals surface area contributed by atoms with Crippen LogP contribution < -0.4 is 26.2 Å². The van der Waals surface area contributed by atoms with Crippen LogP contribution in [0.2, 0.25) is 0 Å². The second-order valence-corrected chi connectivity index (χ2v) is 9.45. The summed E-state index contributed by atoms with van der Waals surface area (Å²) < 4.78 is 96.5. The van der Waals surface area contributed by atoms with Gasteiger partial charge in [-0.25, -0.2) is 0 Å². The zero-order valence-corrected chi connectivity index (χ0v) is 19.8. The van der Waals surface area contributed by atoms with Crippen molar-refractivity contribution in [2.45, 2.75) is 27.4 Å². The topological polar surface area (TPSA) is 6.48 Å². The van der Waals surface area contributed by atoms with Gasteiger partial charge in [0.25, 0.3) is 6.71 Å². The van der Waals surface area contributed by atoms with E-state index in [-0.39, 0.29) is 22.3 Å². The van der Waals surface area contributed by atoms with Gasteiger partial charge < -0.3 is 9.80 Å². The Hall–Kier alpha value is -4.24. The number of anilines is 6. The molecule has 0 unspecified atom stereocenters. The highest BCUT2D eigenvalue weighted by atomic mass is 15.2. The van der Waals surface area contributed by atoms with Gasteiger partial charge in [-0.15, -0.1) is 0 Å². The molecule has 7 rings (SSSR count). The minimum absolute atomic E-state index is 0.126. The van der Waals surface area contributed by atoms with Crippen LogP contribution >= 0.6 is 0 Å². The maximum absolute atomic E-state index is 8.22. The summed E-state index contributed by atoms with van der Waals surface area (Å²) in [6.45, 7) is -10.0. The van der Waals surface area contributed by atoms with Crippen molar-refractivity contribution in [2.75, 3.05) is 9.80 Å². The molecule has 2 nitrogen and oxygen atoms in total. The van der Waals surface area contributed by atoms with Gasteiger partial charge in [0.2, 0.25) is 0 Å². The van der Waals surface area contributed by atoms with Crippen LogP contribution in [0.15, 0.2) is 103 Å². The lowest BCUT2D eigenvalue weighted by atomic mass is 9.33. The van der Waals surface area contributed by atoms with Crippen molar-refractivity contribution in [3.63, 3.8) is 0 Å². The summed E-state index contributed by atoms with van der Waals surface area (Å²) in [7, 11) is 0. The minimum atomic E-state index is -2.42. The first-order valence-electron chi connectivity index (χ1n) is 18.1. The Balaban J connectivity index is 1.54. The van der Waals surface area contributed by atoms with Crippen molar-refractivity contribution in [1.82, 2.24) is 0 Å². The summed E-state index contributed by atoms with van der Waals surface area (Å²) in [5.74, 6) is 0. The number of fused-ring (bicyclic) bond motifs is 4. The van der Waals surface area contributed by atoms with Gasteiger partial charge in [-0.3, -0.25) is 0 Å². The molecule has 37 heavy (non-hydrogen) atoms. The Morgan fingerprint density at radius 2 is 0.919 bits per heavy atom. The number of rotatable bonds is 2. The molecular formula is C34H29BN2. The van der Waals surface area contributed by atoms with E-state index in [2.05, 4.69) is 0 Å². The van der Waals surface area contributed by atoms with Crippen LogP contribution in [-0.2, 0) is 0 Å². The summed E-state index contributed by atoms with van der Waals surface area (Å²) in [5.41, 5.74) is 6.82. The Kier molecular flexibility index (Phi) is 2.82. The molecule has 0 aromatic heterocycles. The van der Waals surface area contributed by atoms with E-state index in [1.54, 1.807) is 84.9 Å². The van der Waals surface area contributed by atoms with Gasteiger partial charge in [-0.2, -0.15) is 0 Å². The summed E-state index contributed by atoms with van der Waals surface area (Å²) in [5, 5.41) is 0. The minimum Gasteiger partial charge on any atom is -0.311 e. The molecule has 2 aliphatic rings. The van der Waals surface area contributed by atoms with E-state index in [0.29, 0.717) is 33.7 Å². The van der Waals surface area contributed by atoms with E-state index >= 15 is 0 Å². The SMILES string of the molecule is [2H]C([2H])([2H])c1ccc(N2c3ccc(C([2H])([2H])[2H])cc3B3c4cc(C([2H])([2H])[2H])ccc4N(c4ccc(C([2H])([2H])[2H])cc4)c4cccc2c43)cc1. The normalized spacial score (nSPS) is 19.4. The quantitative estimate of drug-likeness (QED) is 0.242. The fourth-order valence-electron chi connectivity index (χ4n) is 5.72. The monoisotopic (exact) mass is 488 g/mol. The number of hydrogen-bond donors (Lipinski definition) is 0. The molecule has 0 amide bonds. The van der Waals surface area contributed by atoms with E-state index in [1.165, 1.54) is 0 Å². The first-order valence-corrected chi connectivity index (χ1v) is 12.1. The van der Waals surface area contributed by atoms with E-state index in [1.807, 2.05) is 28.0 Å². The fourth-order valence-corrected chi connectivity index (χ4v) is 5.72. The van der Waals surface area contributed by atoms with E-state index in [0.717, 1.165) is 16.8 Å². The summed E-state index contributed by atoms with van der Waals surface area (Å²) >= 11 is 0. The Bertz CT molecular complexity index is 1940. The lowest BCUT2D eigenvalue weighted by Gasteiger charge is -2.44. The van der Waals surface area contributed by atoms with Crippen molar-refractivity contribution in [3.8, 4) is 0 Å². The predicted molar refractivity (Wildman–Crippen MR) is 159 cm³/mol. The zero-order chi connectivity index (χ0) is 35.3. The Morgan fingerprint density at radius 3 is 1.35 bits per heavy atom. The van der Waals surface area contributed by atoms with Gasteiger partial charge in [0.15, 0.2) is 0 Å². The zero-order valence-electron chi connectivity index (χ0n) is 31.8. The maximum Gasteiger partial charge on any atom is 0.252 e. The van der Waals surface area contributed by atoms with Gasteiger partial charge in [-0.05, 0) is 92.3 Å². The molecule has 0 atom stereocenters. The smallest absolute Gasteiger partial charge is 0.252 e. The highest BCUT2D eigenvalue weighted by Crippen LogP contribution is 2.43. The molecule has 0 fully saturated rings. The van der Waals surface area contributed by atoms with Crippen molar-refractivity contribution >= 4 is 57.2 Å². The molecule has 178 valence electrons. The fraction of sp³-hybridized carbons (Fsp3) is 0.118. The third kappa shape index (κ3) is 3.34. The molecule has 0 aliphatic carbocycles. The molecule has 0 bridgehead atoms. The van der Waals surface area contributed by atoms with Crippen LogP contribution in [0.4, 0.5) is 34.1 Å². The van der Waals surface area contributed by atoms with E-state index in [9.17, 15) is 0 Å². The van der Waals surface area contributed by atoms with Crippen LogP contribution in [0.1, 0.15) is 38.7 Å². The van der Waals surface area contributed by atoms with Gasteiger partial charge in [0, 0.05) is 50.6 Å². The highest BCUT2D eigenvalue weighted by molar-refractivity contribution is 7.00. The van der Waals surface area contributed by atoms with Crippen LogP contribution in [-0.4, -0.2) is 6.71 Å². The highest BCUT2D eigenvalue weighted by Gasteiger charge is 2.42. The van der Waals surface area contributed by atoms with Crippen LogP contribution in [0.3, 0.4) is 0 Å². The van der Waals surface area contributed by atoms with Crippen molar-refractivity contribution < 1.29 is 16.4 Å². The summed E-state index contributed by atoms with van der Waals surface area (Å²) in [6, 6.07) is 28.8. The molecule has 3 heteroatoms. The molecule has 5 aromatic carbocycles. The summed E-state index contributed by atoms with van der Waals surface area (Å²) in [4.78, 5) is 3.93. The Morgan fingerprint density at radius 1 is 0.486 bits per heavy atom. The number of benzene rings is 5. The van der Waals surface area contributed by atoms with Crippen molar-refractivity contribution in [2.24, 2.45) is 0 Å². The van der Waals surface area contributed by atoms with Crippen LogP contribution in [0, 0.1) is 27.4 Å². The molecule has 0 saturated heterocycles. The Labute approximate surface area is 236 Å². The predicted octanol–water partition coefficient (Wildman–Crippen LogP) is 7.00. The van der Waals surface area contributed by atoms with E-state index < -0.39 is 34.1 Å². The number of hydrogen-bond acceptors (Lipinski definition) is 2. The molecule has 2 heterocycles. The standard InChI is InChI=1S/C34H29BN2/c1-22-8-14-26(15-9-22)36-30-18-12-24(3)20-28(30)35-29-21-25(4)13-19-31(29)37(27-16-10-23(2)11-17-27)33-7-5-6-32(36)34(33)35/h5-21H,1-4H3/i1D3,2D3,3D3,4D3. The van der Waals surface area contributed by atoms with Gasteiger partial charge >= 0.3 is 0 Å². The average molecular weight is 489 g/mol. The maximum atomic E-state index is 8.22.